The average molecular weight is 472 g/mol. The number of hydrogen-bond acceptors (Lipinski definition) is 6. The number of aromatic nitrogens is 1. The maximum atomic E-state index is 12.8. The molecule has 1 saturated heterocycles. The van der Waals surface area contributed by atoms with Gasteiger partial charge in [0.25, 0.3) is 0 Å². The Morgan fingerprint density at radius 2 is 1.50 bits per heavy atom. The second kappa shape index (κ2) is 12.5. The molecule has 0 atom stereocenters. The fourth-order valence-corrected chi connectivity index (χ4v) is 4.63. The predicted molar refractivity (Wildman–Crippen MR) is 118 cm³/mol. The molecule has 0 aromatic carbocycles. The molecule has 0 bridgehead atoms. The van der Waals surface area contributed by atoms with Crippen LogP contribution in [0.4, 0.5) is 0 Å². The van der Waals surface area contributed by atoms with Gasteiger partial charge >= 0.3 is 11.9 Å². The molecule has 0 aliphatic carbocycles. The molecule has 0 unspecified atom stereocenters. The standard InChI is InChI=1S/C19H31N3O3S.C2H2O4/c1-19(2,3)18(23)21(16-17-8-10-20-11-9-17)14-15-26(24,25)22-12-6-4-5-7-13-22;3-1(4)2(5)6/h8-11H,4-7,12-16H2,1-3H3;(H,3,4)(H,5,6). The first-order chi connectivity index (χ1) is 14.8. The summed E-state index contributed by atoms with van der Waals surface area (Å²) in [6.45, 7) is 7.37. The van der Waals surface area contributed by atoms with Crippen LogP contribution in [0.1, 0.15) is 52.0 Å². The minimum Gasteiger partial charge on any atom is -0.473 e. The Kier molecular flexibility index (Phi) is 10.7. The molecule has 1 amide bonds. The molecule has 180 valence electrons. The molecule has 0 saturated carbocycles. The van der Waals surface area contributed by atoms with Crippen molar-refractivity contribution in [1.29, 1.82) is 0 Å². The third-order valence-corrected chi connectivity index (χ3v) is 6.66. The largest absolute Gasteiger partial charge is 0.473 e. The molecule has 0 radical (unpaired) electrons. The number of sulfonamides is 1. The van der Waals surface area contributed by atoms with E-state index < -0.39 is 27.4 Å². The van der Waals surface area contributed by atoms with Crippen LogP contribution in [0.2, 0.25) is 0 Å². The number of pyridine rings is 1. The van der Waals surface area contributed by atoms with Crippen molar-refractivity contribution < 1.29 is 33.0 Å². The lowest BCUT2D eigenvalue weighted by Gasteiger charge is -2.30. The van der Waals surface area contributed by atoms with Crippen molar-refractivity contribution in [3.8, 4) is 0 Å². The zero-order valence-electron chi connectivity index (χ0n) is 18.9. The molecule has 1 aliphatic rings. The van der Waals surface area contributed by atoms with E-state index in [1.165, 1.54) is 0 Å². The van der Waals surface area contributed by atoms with Crippen molar-refractivity contribution in [3.05, 3.63) is 30.1 Å². The van der Waals surface area contributed by atoms with Crippen molar-refractivity contribution in [3.63, 3.8) is 0 Å². The summed E-state index contributed by atoms with van der Waals surface area (Å²) in [5.74, 6) is -3.72. The van der Waals surface area contributed by atoms with Crippen molar-refractivity contribution in [2.24, 2.45) is 5.41 Å². The maximum absolute atomic E-state index is 12.8. The third kappa shape index (κ3) is 9.73. The summed E-state index contributed by atoms with van der Waals surface area (Å²) in [5.41, 5.74) is 0.393. The van der Waals surface area contributed by atoms with Crippen LogP contribution < -0.4 is 0 Å². The fraction of sp³-hybridized carbons (Fsp3) is 0.619. The highest BCUT2D eigenvalue weighted by Gasteiger charge is 2.30. The van der Waals surface area contributed by atoms with Crippen LogP contribution in [0.5, 0.6) is 0 Å². The highest BCUT2D eigenvalue weighted by molar-refractivity contribution is 7.89. The normalized spacial score (nSPS) is 15.1. The molecular weight excluding hydrogens is 438 g/mol. The van der Waals surface area contributed by atoms with Crippen molar-refractivity contribution in [2.75, 3.05) is 25.4 Å². The molecule has 2 N–H and O–H groups in total. The summed E-state index contributed by atoms with van der Waals surface area (Å²) in [5, 5.41) is 14.8. The van der Waals surface area contributed by atoms with Crippen LogP contribution >= 0.6 is 0 Å². The minimum atomic E-state index is -3.35. The van der Waals surface area contributed by atoms with Crippen LogP contribution in [-0.2, 0) is 31.0 Å². The van der Waals surface area contributed by atoms with Gasteiger partial charge in [-0.15, -0.1) is 0 Å². The first-order valence-electron chi connectivity index (χ1n) is 10.5. The number of carboxylic acid groups (broad SMARTS) is 2. The van der Waals surface area contributed by atoms with Gasteiger partial charge in [0.2, 0.25) is 15.9 Å². The highest BCUT2D eigenvalue weighted by atomic mass is 32.2. The number of carbonyl (C=O) groups excluding carboxylic acids is 1. The number of aliphatic carboxylic acids is 2. The highest BCUT2D eigenvalue weighted by Crippen LogP contribution is 2.20. The summed E-state index contributed by atoms with van der Waals surface area (Å²) in [6, 6.07) is 3.71. The molecule has 0 spiro atoms. The third-order valence-electron chi connectivity index (χ3n) is 4.81. The van der Waals surface area contributed by atoms with Gasteiger partial charge in [-0.05, 0) is 30.5 Å². The number of hydrogen-bond donors (Lipinski definition) is 2. The van der Waals surface area contributed by atoms with E-state index in [1.54, 1.807) is 21.6 Å². The van der Waals surface area contributed by atoms with Gasteiger partial charge in [0.05, 0.1) is 5.75 Å². The number of amides is 1. The molecule has 32 heavy (non-hydrogen) atoms. The van der Waals surface area contributed by atoms with Gasteiger partial charge in [-0.3, -0.25) is 9.78 Å². The van der Waals surface area contributed by atoms with E-state index in [9.17, 15) is 13.2 Å². The summed E-state index contributed by atoms with van der Waals surface area (Å²) in [7, 11) is -3.35. The summed E-state index contributed by atoms with van der Waals surface area (Å²) < 4.78 is 27.1. The first kappa shape index (κ1) is 27.5. The van der Waals surface area contributed by atoms with E-state index >= 15 is 0 Å². The van der Waals surface area contributed by atoms with Crippen LogP contribution in [0.25, 0.3) is 0 Å². The monoisotopic (exact) mass is 471 g/mol. The van der Waals surface area contributed by atoms with Gasteiger partial charge in [0.1, 0.15) is 0 Å². The van der Waals surface area contributed by atoms with Crippen LogP contribution in [0, 0.1) is 5.41 Å². The zero-order valence-corrected chi connectivity index (χ0v) is 19.7. The van der Waals surface area contributed by atoms with Gasteiger partial charge in [-0.2, -0.15) is 0 Å². The van der Waals surface area contributed by atoms with Crippen LogP contribution in [0.3, 0.4) is 0 Å². The Morgan fingerprint density at radius 3 is 1.94 bits per heavy atom. The summed E-state index contributed by atoms with van der Waals surface area (Å²) >= 11 is 0. The first-order valence-corrected chi connectivity index (χ1v) is 12.1. The molecule has 1 fully saturated rings. The van der Waals surface area contributed by atoms with Crippen molar-refractivity contribution in [2.45, 2.75) is 53.0 Å². The lowest BCUT2D eigenvalue weighted by atomic mass is 9.94. The summed E-state index contributed by atoms with van der Waals surface area (Å²) in [4.78, 5) is 36.7. The molecule has 10 nitrogen and oxygen atoms in total. The van der Waals surface area contributed by atoms with Gasteiger partial charge in [0.15, 0.2) is 0 Å². The second-order valence-electron chi connectivity index (χ2n) is 8.57. The molecule has 2 rings (SSSR count). The van der Waals surface area contributed by atoms with Crippen LogP contribution in [0.15, 0.2) is 24.5 Å². The lowest BCUT2D eigenvalue weighted by molar-refractivity contribution is -0.159. The van der Waals surface area contributed by atoms with Gasteiger partial charge in [0, 0.05) is 44.0 Å². The second-order valence-corrected chi connectivity index (χ2v) is 10.7. The molecule has 1 aromatic heterocycles. The Labute approximate surface area is 189 Å². The number of rotatable bonds is 6. The smallest absolute Gasteiger partial charge is 0.414 e. The minimum absolute atomic E-state index is 0.0279. The van der Waals surface area contributed by atoms with E-state index in [0.29, 0.717) is 19.6 Å². The Morgan fingerprint density at radius 1 is 1.00 bits per heavy atom. The molecule has 11 heteroatoms. The zero-order chi connectivity index (χ0) is 24.4. The summed E-state index contributed by atoms with van der Waals surface area (Å²) in [6.07, 6.45) is 7.37. The Balaban J connectivity index is 0.000000751. The lowest BCUT2D eigenvalue weighted by Crippen LogP contribution is -2.43. The molecule has 2 heterocycles. The van der Waals surface area contributed by atoms with E-state index in [0.717, 1.165) is 31.2 Å². The fourth-order valence-electron chi connectivity index (χ4n) is 3.11. The predicted octanol–water partition coefficient (Wildman–Crippen LogP) is 1.82. The van der Waals surface area contributed by atoms with Gasteiger partial charge in [-0.25, -0.2) is 22.3 Å². The van der Waals surface area contributed by atoms with Gasteiger partial charge < -0.3 is 15.1 Å². The van der Waals surface area contributed by atoms with Crippen LogP contribution in [-0.4, -0.2) is 76.1 Å². The molecule has 1 aromatic rings. The topological polar surface area (TPSA) is 145 Å². The molecule has 1 aliphatic heterocycles. The van der Waals surface area contributed by atoms with E-state index in [1.807, 2.05) is 32.9 Å². The number of carbonyl (C=O) groups is 3. The Hall–Kier alpha value is -2.53. The van der Waals surface area contributed by atoms with E-state index in [4.69, 9.17) is 19.8 Å². The van der Waals surface area contributed by atoms with E-state index in [-0.39, 0.29) is 18.2 Å². The van der Waals surface area contributed by atoms with Gasteiger partial charge in [-0.1, -0.05) is 33.6 Å². The Bertz CT molecular complexity index is 847. The average Bonchev–Trinajstić information content (AvgIpc) is 3.01. The van der Waals surface area contributed by atoms with E-state index in [2.05, 4.69) is 4.98 Å². The maximum Gasteiger partial charge on any atom is 0.414 e. The molecular formula is C21H33N3O7S. The number of nitrogens with zero attached hydrogens (tertiary/aromatic N) is 3. The SMILES string of the molecule is CC(C)(C)C(=O)N(CCS(=O)(=O)N1CCCCCC1)Cc1ccncc1.O=C(O)C(=O)O. The quantitative estimate of drug-likeness (QED) is 0.598. The number of carboxylic acids is 2. The van der Waals surface area contributed by atoms with Crippen molar-refractivity contribution >= 4 is 27.9 Å². The van der Waals surface area contributed by atoms with Crippen molar-refractivity contribution in [1.82, 2.24) is 14.2 Å².